The maximum absolute atomic E-state index is 13.1. The Kier molecular flexibility index (Phi) is 4.62. The molecule has 4 rings (SSSR count). The molecule has 2 aliphatic heterocycles. The third kappa shape index (κ3) is 3.08. The second kappa shape index (κ2) is 6.79. The van der Waals surface area contributed by atoms with E-state index < -0.39 is 10.0 Å². The molecule has 1 aromatic carbocycles. The van der Waals surface area contributed by atoms with Crippen LogP contribution in [0.15, 0.2) is 30.5 Å². The highest BCUT2D eigenvalue weighted by molar-refractivity contribution is 7.89. The van der Waals surface area contributed by atoms with Gasteiger partial charge in [-0.3, -0.25) is 9.78 Å². The summed E-state index contributed by atoms with van der Waals surface area (Å²) < 4.78 is 26.0. The number of sulfonamides is 1. The van der Waals surface area contributed by atoms with Crippen LogP contribution in [-0.2, 0) is 10.0 Å². The average molecular weight is 394 g/mol. The van der Waals surface area contributed by atoms with Gasteiger partial charge in [-0.2, -0.15) is 4.31 Å². The number of aromatic nitrogens is 1. The van der Waals surface area contributed by atoms with E-state index in [2.05, 4.69) is 4.98 Å². The molecule has 1 amide bonds. The molecule has 26 heavy (non-hydrogen) atoms. The first-order valence-corrected chi connectivity index (χ1v) is 10.8. The molecule has 3 heterocycles. The second-order valence-corrected chi connectivity index (χ2v) is 9.27. The number of benzene rings is 1. The number of fused-ring (bicyclic) bond motifs is 1. The fraction of sp³-hybridized carbons (Fsp3) is 0.444. The van der Waals surface area contributed by atoms with Crippen molar-refractivity contribution in [3.8, 4) is 0 Å². The van der Waals surface area contributed by atoms with Crippen LogP contribution in [0.4, 0.5) is 0 Å². The summed E-state index contributed by atoms with van der Waals surface area (Å²) in [6.07, 6.45) is 3.90. The Morgan fingerprint density at radius 2 is 2.04 bits per heavy atom. The lowest BCUT2D eigenvalue weighted by Gasteiger charge is -2.36. The van der Waals surface area contributed by atoms with Gasteiger partial charge in [0.25, 0.3) is 5.91 Å². The Balaban J connectivity index is 1.62. The lowest BCUT2D eigenvalue weighted by Crippen LogP contribution is -2.50. The molecular weight excluding hydrogens is 374 g/mol. The number of carbonyl (C=O) groups is 1. The molecule has 0 N–H and O–H groups in total. The first-order chi connectivity index (χ1) is 12.5. The zero-order chi connectivity index (χ0) is 18.3. The summed E-state index contributed by atoms with van der Waals surface area (Å²) in [6.45, 7) is 1.61. The van der Waals surface area contributed by atoms with E-state index in [9.17, 15) is 13.2 Å². The van der Waals surface area contributed by atoms with E-state index in [0.717, 1.165) is 18.2 Å². The van der Waals surface area contributed by atoms with Crippen molar-refractivity contribution in [1.82, 2.24) is 14.2 Å². The van der Waals surface area contributed by atoms with E-state index in [0.29, 0.717) is 42.2 Å². The summed E-state index contributed by atoms with van der Waals surface area (Å²) in [7, 11) is -3.18. The van der Waals surface area contributed by atoms with Crippen LogP contribution < -0.4 is 0 Å². The molecule has 138 valence electrons. The van der Waals surface area contributed by atoms with Gasteiger partial charge in [0.1, 0.15) is 0 Å². The average Bonchev–Trinajstić information content (AvgIpc) is 3.01. The van der Waals surface area contributed by atoms with Crippen LogP contribution in [0.5, 0.6) is 0 Å². The van der Waals surface area contributed by atoms with E-state index >= 15 is 0 Å². The van der Waals surface area contributed by atoms with Crippen LogP contribution in [-0.4, -0.2) is 59.9 Å². The highest BCUT2D eigenvalue weighted by atomic mass is 35.5. The molecule has 0 spiro atoms. The molecule has 2 fully saturated rings. The molecule has 1 atom stereocenters. The molecule has 0 bridgehead atoms. The maximum atomic E-state index is 13.1. The van der Waals surface area contributed by atoms with Crippen LogP contribution in [0.3, 0.4) is 0 Å². The molecule has 6 nitrogen and oxygen atoms in total. The minimum absolute atomic E-state index is 0.119. The van der Waals surface area contributed by atoms with Gasteiger partial charge in [0.05, 0.1) is 21.9 Å². The van der Waals surface area contributed by atoms with Gasteiger partial charge in [-0.15, -0.1) is 0 Å². The van der Waals surface area contributed by atoms with Gasteiger partial charge in [-0.05, 0) is 43.5 Å². The number of nitrogens with zero attached hydrogens (tertiary/aromatic N) is 3. The molecule has 8 heteroatoms. The standard InChI is InChI=1S/C18H20ClN3O3S/c19-16-7-6-15(17-14(16)5-1-8-20-17)18(23)21-9-2-4-13(12-21)22-10-3-11-26(22,24)25/h1,5-8,13H,2-4,9-12H2. The van der Waals surface area contributed by atoms with Crippen LogP contribution in [0.2, 0.25) is 5.02 Å². The van der Waals surface area contributed by atoms with Gasteiger partial charge in [-0.1, -0.05) is 11.6 Å². The normalized spacial score (nSPS) is 23.4. The summed E-state index contributed by atoms with van der Waals surface area (Å²) in [6, 6.07) is 6.92. The summed E-state index contributed by atoms with van der Waals surface area (Å²) >= 11 is 6.22. The Morgan fingerprint density at radius 3 is 2.81 bits per heavy atom. The van der Waals surface area contributed by atoms with Crippen LogP contribution in [0.25, 0.3) is 10.9 Å². The van der Waals surface area contributed by atoms with E-state index in [1.807, 2.05) is 6.07 Å². The predicted molar refractivity (Wildman–Crippen MR) is 101 cm³/mol. The molecule has 1 aromatic heterocycles. The summed E-state index contributed by atoms with van der Waals surface area (Å²) in [5.74, 6) is 0.0927. The number of hydrogen-bond donors (Lipinski definition) is 0. The first-order valence-electron chi connectivity index (χ1n) is 8.79. The van der Waals surface area contributed by atoms with Crippen molar-refractivity contribution in [2.24, 2.45) is 0 Å². The molecule has 2 aliphatic rings. The largest absolute Gasteiger partial charge is 0.337 e. The summed E-state index contributed by atoms with van der Waals surface area (Å²) in [5, 5.41) is 1.31. The van der Waals surface area contributed by atoms with Crippen molar-refractivity contribution in [3.05, 3.63) is 41.0 Å². The highest BCUT2D eigenvalue weighted by Gasteiger charge is 2.37. The minimum Gasteiger partial charge on any atom is -0.337 e. The van der Waals surface area contributed by atoms with E-state index in [1.165, 1.54) is 0 Å². The monoisotopic (exact) mass is 393 g/mol. The summed E-state index contributed by atoms with van der Waals surface area (Å²) in [4.78, 5) is 19.2. The van der Waals surface area contributed by atoms with E-state index in [-0.39, 0.29) is 17.7 Å². The number of pyridine rings is 1. The van der Waals surface area contributed by atoms with Gasteiger partial charge in [-0.25, -0.2) is 8.42 Å². The number of halogens is 1. The fourth-order valence-corrected chi connectivity index (χ4v) is 5.90. The first kappa shape index (κ1) is 17.7. The Hall–Kier alpha value is -1.70. The number of carbonyl (C=O) groups excluding carboxylic acids is 1. The third-order valence-corrected chi connectivity index (χ3v) is 7.51. The molecule has 0 radical (unpaired) electrons. The number of amides is 1. The molecular formula is C18H20ClN3O3S. The molecule has 2 saturated heterocycles. The van der Waals surface area contributed by atoms with Gasteiger partial charge in [0.2, 0.25) is 10.0 Å². The number of piperidine rings is 1. The lowest BCUT2D eigenvalue weighted by atomic mass is 10.0. The van der Waals surface area contributed by atoms with Crippen LogP contribution >= 0.6 is 11.6 Å². The minimum atomic E-state index is -3.18. The number of likely N-dealkylation sites (tertiary alicyclic amines) is 1. The zero-order valence-corrected chi connectivity index (χ0v) is 15.8. The van der Waals surface area contributed by atoms with E-state index in [1.54, 1.807) is 33.6 Å². The molecule has 1 unspecified atom stereocenters. The van der Waals surface area contributed by atoms with Crippen molar-refractivity contribution in [3.63, 3.8) is 0 Å². The smallest absolute Gasteiger partial charge is 0.256 e. The number of hydrogen-bond acceptors (Lipinski definition) is 4. The lowest BCUT2D eigenvalue weighted by molar-refractivity contribution is 0.0660. The Labute approximate surface area is 157 Å². The van der Waals surface area contributed by atoms with Gasteiger partial charge < -0.3 is 4.90 Å². The van der Waals surface area contributed by atoms with Crippen molar-refractivity contribution in [2.75, 3.05) is 25.4 Å². The molecule has 0 saturated carbocycles. The van der Waals surface area contributed by atoms with Crippen LogP contribution in [0.1, 0.15) is 29.6 Å². The van der Waals surface area contributed by atoms with Crippen LogP contribution in [0, 0.1) is 0 Å². The third-order valence-electron chi connectivity index (χ3n) is 5.18. The van der Waals surface area contributed by atoms with Crippen molar-refractivity contribution in [2.45, 2.75) is 25.3 Å². The predicted octanol–water partition coefficient (Wildman–Crippen LogP) is 2.53. The van der Waals surface area contributed by atoms with Crippen molar-refractivity contribution in [1.29, 1.82) is 0 Å². The quantitative estimate of drug-likeness (QED) is 0.786. The second-order valence-electron chi connectivity index (χ2n) is 6.82. The summed E-state index contributed by atoms with van der Waals surface area (Å²) in [5.41, 5.74) is 1.09. The van der Waals surface area contributed by atoms with Crippen molar-refractivity contribution < 1.29 is 13.2 Å². The Bertz CT molecular complexity index is 963. The zero-order valence-electron chi connectivity index (χ0n) is 14.3. The van der Waals surface area contributed by atoms with Gasteiger partial charge in [0, 0.05) is 37.3 Å². The fourth-order valence-electron chi connectivity index (χ4n) is 3.92. The number of rotatable bonds is 2. The topological polar surface area (TPSA) is 70.6 Å². The van der Waals surface area contributed by atoms with E-state index in [4.69, 9.17) is 11.6 Å². The highest BCUT2D eigenvalue weighted by Crippen LogP contribution is 2.28. The van der Waals surface area contributed by atoms with Gasteiger partial charge >= 0.3 is 0 Å². The molecule has 2 aromatic rings. The molecule has 0 aliphatic carbocycles. The van der Waals surface area contributed by atoms with Gasteiger partial charge in [0.15, 0.2) is 0 Å². The maximum Gasteiger partial charge on any atom is 0.256 e. The van der Waals surface area contributed by atoms with Crippen molar-refractivity contribution >= 4 is 38.4 Å². The Morgan fingerprint density at radius 1 is 1.19 bits per heavy atom. The SMILES string of the molecule is O=C(c1ccc(Cl)c2cccnc12)N1CCCC(N2CCCS2(=O)=O)C1.